The molecule has 0 radical (unpaired) electrons. The third kappa shape index (κ3) is 1.85. The van der Waals surface area contributed by atoms with Gasteiger partial charge in [-0.3, -0.25) is 0 Å². The van der Waals surface area contributed by atoms with Crippen molar-refractivity contribution in [3.8, 4) is 23.0 Å². The largest absolute Gasteiger partial charge is 0.458 e. The molecule has 34 heavy (non-hydrogen) atoms. The molecule has 0 spiro atoms. The van der Waals surface area contributed by atoms with Gasteiger partial charge >= 0.3 is 0 Å². The van der Waals surface area contributed by atoms with E-state index in [-0.39, 0.29) is 6.71 Å². The highest BCUT2D eigenvalue weighted by Gasteiger charge is 2.41. The summed E-state index contributed by atoms with van der Waals surface area (Å²) in [7, 11) is 0. The summed E-state index contributed by atoms with van der Waals surface area (Å²) in [6.45, 7) is 0.0752. The highest BCUT2D eigenvalue weighted by molar-refractivity contribution is 6.98. The summed E-state index contributed by atoms with van der Waals surface area (Å²) >= 11 is 0. The highest BCUT2D eigenvalue weighted by atomic mass is 16.5. The number of ether oxygens (including phenoxy) is 2. The monoisotopic (exact) mass is 433 g/mol. The van der Waals surface area contributed by atoms with Crippen molar-refractivity contribution in [2.45, 2.75) is 0 Å². The maximum atomic E-state index is 6.76. The second-order valence-corrected chi connectivity index (χ2v) is 9.28. The van der Waals surface area contributed by atoms with E-state index in [4.69, 9.17) is 9.47 Å². The average molecular weight is 433 g/mol. The van der Waals surface area contributed by atoms with Crippen molar-refractivity contribution in [2.24, 2.45) is 0 Å². The van der Waals surface area contributed by atoms with Crippen LogP contribution in [-0.2, 0) is 0 Å². The number of benzene rings is 5. The molecule has 0 fully saturated rings. The van der Waals surface area contributed by atoms with E-state index in [0.29, 0.717) is 0 Å². The van der Waals surface area contributed by atoms with Gasteiger partial charge in [0.05, 0.1) is 16.6 Å². The number of para-hydroxylation sites is 3. The van der Waals surface area contributed by atoms with Gasteiger partial charge in [0.1, 0.15) is 23.0 Å². The lowest BCUT2D eigenvalue weighted by molar-refractivity contribution is 0.466. The molecule has 9 rings (SSSR count). The summed E-state index contributed by atoms with van der Waals surface area (Å²) in [5.74, 6) is 3.62. The topological polar surface area (TPSA) is 22.9 Å². The quantitative estimate of drug-likeness (QED) is 0.292. The minimum atomic E-state index is 0.0752. The fourth-order valence-electron chi connectivity index (χ4n) is 6.33. The third-order valence-electron chi connectivity index (χ3n) is 7.66. The van der Waals surface area contributed by atoms with Crippen LogP contribution in [0.4, 0.5) is 0 Å². The molecule has 0 saturated carbocycles. The van der Waals surface area contributed by atoms with Gasteiger partial charge in [-0.25, -0.2) is 0 Å². The number of aromatic nitrogens is 1. The van der Waals surface area contributed by atoms with Crippen molar-refractivity contribution in [3.63, 3.8) is 0 Å². The first-order valence-corrected chi connectivity index (χ1v) is 11.7. The smallest absolute Gasteiger partial charge is 0.260 e. The zero-order valence-electron chi connectivity index (χ0n) is 18.1. The molecule has 7 aromatic rings. The van der Waals surface area contributed by atoms with Gasteiger partial charge in [-0.15, -0.1) is 0 Å². The molecule has 0 atom stereocenters. The Morgan fingerprint density at radius 2 is 1.18 bits per heavy atom. The predicted molar refractivity (Wildman–Crippen MR) is 139 cm³/mol. The fraction of sp³-hybridized carbons (Fsp3) is 0. The lowest BCUT2D eigenvalue weighted by atomic mass is 9.35. The van der Waals surface area contributed by atoms with E-state index in [1.54, 1.807) is 0 Å². The molecule has 4 heteroatoms. The van der Waals surface area contributed by atoms with Crippen LogP contribution in [0.5, 0.6) is 23.0 Å². The van der Waals surface area contributed by atoms with Gasteiger partial charge in [-0.05, 0) is 35.2 Å². The summed E-state index contributed by atoms with van der Waals surface area (Å²) < 4.78 is 15.5. The molecule has 2 aliphatic heterocycles. The summed E-state index contributed by atoms with van der Waals surface area (Å²) in [5, 5.41) is 5.05. The first kappa shape index (κ1) is 17.1. The molecular formula is C30H16BNO2. The van der Waals surface area contributed by atoms with Gasteiger partial charge in [0.15, 0.2) is 0 Å². The Labute approximate surface area is 195 Å². The van der Waals surface area contributed by atoms with Crippen LogP contribution >= 0.6 is 0 Å². The van der Waals surface area contributed by atoms with E-state index in [2.05, 4.69) is 83.3 Å². The number of fused-ring (bicyclic) bond motifs is 11. The molecule has 2 aliphatic rings. The molecule has 0 bridgehead atoms. The van der Waals surface area contributed by atoms with Gasteiger partial charge in [0.25, 0.3) is 6.71 Å². The van der Waals surface area contributed by atoms with Crippen molar-refractivity contribution in [3.05, 3.63) is 97.1 Å². The molecule has 0 aliphatic carbocycles. The van der Waals surface area contributed by atoms with Gasteiger partial charge in [0, 0.05) is 27.0 Å². The summed E-state index contributed by atoms with van der Waals surface area (Å²) in [4.78, 5) is 0. The SMILES string of the molecule is c1ccc2c(c1)Oc1cccc3c1B2c1ccc2c4cccc5c6ccccc6n(c2c1O3)c54. The standard InChI is InChI=1S/C30H16BNO2/c1-3-11-23-17(7-1)18-8-5-9-19-20-15-16-22-30(29(20)32(23)28(18)19)34-26-14-6-13-25-27(26)31(22)21-10-2-4-12-24(21)33-25/h1-16H. The van der Waals surface area contributed by atoms with E-state index in [1.807, 2.05) is 18.2 Å². The Bertz CT molecular complexity index is 1990. The van der Waals surface area contributed by atoms with E-state index in [1.165, 1.54) is 43.5 Å². The Balaban J connectivity index is 1.49. The molecule has 3 nitrogen and oxygen atoms in total. The van der Waals surface area contributed by atoms with Gasteiger partial charge in [-0.1, -0.05) is 72.8 Å². The van der Waals surface area contributed by atoms with Crippen LogP contribution in [0.15, 0.2) is 97.1 Å². The van der Waals surface area contributed by atoms with Gasteiger partial charge in [0.2, 0.25) is 0 Å². The zero-order valence-corrected chi connectivity index (χ0v) is 18.1. The first-order valence-electron chi connectivity index (χ1n) is 11.7. The van der Waals surface area contributed by atoms with Crippen LogP contribution < -0.4 is 25.9 Å². The Morgan fingerprint density at radius 3 is 2.12 bits per heavy atom. The maximum Gasteiger partial charge on any atom is 0.260 e. The van der Waals surface area contributed by atoms with Gasteiger partial charge in [-0.2, -0.15) is 0 Å². The normalized spacial score (nSPS) is 13.7. The van der Waals surface area contributed by atoms with E-state index >= 15 is 0 Å². The third-order valence-corrected chi connectivity index (χ3v) is 7.66. The van der Waals surface area contributed by atoms with Crippen molar-refractivity contribution in [1.82, 2.24) is 4.40 Å². The molecule has 0 unspecified atom stereocenters. The van der Waals surface area contributed by atoms with Crippen LogP contribution in [0.1, 0.15) is 0 Å². The van der Waals surface area contributed by atoms with Gasteiger partial charge < -0.3 is 13.9 Å². The minimum absolute atomic E-state index is 0.0752. The van der Waals surface area contributed by atoms with Crippen molar-refractivity contribution >= 4 is 61.2 Å². The van der Waals surface area contributed by atoms with Crippen LogP contribution in [0.25, 0.3) is 38.1 Å². The molecule has 0 amide bonds. The van der Waals surface area contributed by atoms with Crippen molar-refractivity contribution in [2.75, 3.05) is 0 Å². The van der Waals surface area contributed by atoms with E-state index in [0.717, 1.165) is 34.0 Å². The average Bonchev–Trinajstić information content (AvgIpc) is 3.41. The molecule has 0 saturated heterocycles. The van der Waals surface area contributed by atoms with Crippen LogP contribution in [0, 0.1) is 0 Å². The number of rotatable bonds is 0. The van der Waals surface area contributed by atoms with Crippen molar-refractivity contribution < 1.29 is 9.47 Å². The molecule has 5 aromatic carbocycles. The summed E-state index contributed by atoms with van der Waals surface area (Å²) in [5.41, 5.74) is 7.12. The second kappa shape index (κ2) is 5.73. The number of nitrogens with zero attached hydrogens (tertiary/aromatic N) is 1. The zero-order chi connectivity index (χ0) is 22.0. The van der Waals surface area contributed by atoms with Crippen LogP contribution in [0.2, 0.25) is 0 Å². The van der Waals surface area contributed by atoms with E-state index in [9.17, 15) is 0 Å². The predicted octanol–water partition coefficient (Wildman–Crippen LogP) is 5.56. The first-order chi connectivity index (χ1) is 16.9. The van der Waals surface area contributed by atoms with E-state index < -0.39 is 0 Å². The summed E-state index contributed by atoms with van der Waals surface area (Å²) in [6, 6.07) is 34.3. The van der Waals surface area contributed by atoms with Crippen molar-refractivity contribution in [1.29, 1.82) is 0 Å². The lowest BCUT2D eigenvalue weighted by Crippen LogP contribution is -2.57. The Morgan fingerprint density at radius 1 is 0.500 bits per heavy atom. The molecular weight excluding hydrogens is 417 g/mol. The maximum absolute atomic E-state index is 6.76. The molecule has 2 aromatic heterocycles. The molecule has 0 N–H and O–H groups in total. The molecule has 4 heterocycles. The lowest BCUT2D eigenvalue weighted by Gasteiger charge is -2.33. The number of hydrogen-bond donors (Lipinski definition) is 0. The van der Waals surface area contributed by atoms with Crippen LogP contribution in [-0.4, -0.2) is 11.1 Å². The second-order valence-electron chi connectivity index (χ2n) is 9.28. The minimum Gasteiger partial charge on any atom is -0.458 e. The number of hydrogen-bond acceptors (Lipinski definition) is 2. The van der Waals surface area contributed by atoms with Crippen LogP contribution in [0.3, 0.4) is 0 Å². The summed E-state index contributed by atoms with van der Waals surface area (Å²) in [6.07, 6.45) is 0. The highest BCUT2D eigenvalue weighted by Crippen LogP contribution is 2.44. The Hall–Kier alpha value is -4.44. The fourth-order valence-corrected chi connectivity index (χ4v) is 6.33. The Kier molecular flexibility index (Phi) is 2.88. The molecule has 156 valence electrons.